The second kappa shape index (κ2) is 9.14. The fraction of sp³-hybridized carbons (Fsp3) is 0.286. The van der Waals surface area contributed by atoms with Crippen LogP contribution in [0.25, 0.3) is 11.4 Å². The zero-order valence-corrected chi connectivity index (χ0v) is 16.1. The number of nitrogens with zero attached hydrogens (tertiary/aromatic N) is 2. The van der Waals surface area contributed by atoms with Crippen LogP contribution in [0.15, 0.2) is 48.5 Å². The smallest absolute Gasteiger partial charge is 0.227 e. The number of aromatic nitrogens is 3. The van der Waals surface area contributed by atoms with Crippen molar-refractivity contribution in [1.82, 2.24) is 15.2 Å². The molecule has 3 aromatic rings. The van der Waals surface area contributed by atoms with E-state index in [-0.39, 0.29) is 12.3 Å². The lowest BCUT2D eigenvalue weighted by Gasteiger charge is -2.09. The predicted octanol–water partition coefficient (Wildman–Crippen LogP) is 3.46. The normalized spacial score (nSPS) is 10.9. The Labute approximate surface area is 164 Å². The van der Waals surface area contributed by atoms with Gasteiger partial charge < -0.3 is 15.8 Å². The molecule has 2 aromatic carbocycles. The van der Waals surface area contributed by atoms with Crippen molar-refractivity contribution in [3.63, 3.8) is 0 Å². The first-order valence-electron chi connectivity index (χ1n) is 9.29. The maximum Gasteiger partial charge on any atom is 0.227 e. The summed E-state index contributed by atoms with van der Waals surface area (Å²) in [6.45, 7) is 4.93. The molecule has 1 aromatic heterocycles. The van der Waals surface area contributed by atoms with Crippen LogP contribution in [0.1, 0.15) is 37.6 Å². The maximum absolute atomic E-state index is 12.1. The van der Waals surface area contributed by atoms with Gasteiger partial charge in [0.25, 0.3) is 0 Å². The third kappa shape index (κ3) is 5.17. The maximum atomic E-state index is 12.1. The van der Waals surface area contributed by atoms with Gasteiger partial charge in [0.1, 0.15) is 11.6 Å². The molecule has 1 heterocycles. The number of nitrogens with two attached hydrogens (primary N) is 1. The number of amides is 1. The third-order valence-electron chi connectivity index (χ3n) is 4.30. The Kier molecular flexibility index (Phi) is 6.39. The lowest BCUT2D eigenvalue weighted by atomic mass is 10.0. The summed E-state index contributed by atoms with van der Waals surface area (Å²) in [7, 11) is 0. The van der Waals surface area contributed by atoms with Gasteiger partial charge in [-0.3, -0.25) is 9.89 Å². The van der Waals surface area contributed by atoms with Crippen molar-refractivity contribution in [3.05, 3.63) is 59.9 Å². The van der Waals surface area contributed by atoms with Crippen LogP contribution in [0, 0.1) is 0 Å². The molecule has 1 amide bonds. The fourth-order valence-corrected chi connectivity index (χ4v) is 2.65. The summed E-state index contributed by atoms with van der Waals surface area (Å²) < 4.78 is 5.65. The number of hydrogen-bond donors (Lipinski definition) is 3. The molecule has 0 aliphatic carbocycles. The molecule has 0 saturated carbocycles. The molecule has 0 spiro atoms. The van der Waals surface area contributed by atoms with Gasteiger partial charge in [-0.15, -0.1) is 0 Å². The Morgan fingerprint density at radius 1 is 1.14 bits per heavy atom. The molecule has 0 saturated heterocycles. The summed E-state index contributed by atoms with van der Waals surface area (Å²) in [6, 6.07) is 15.3. The Bertz CT molecular complexity index is 901. The summed E-state index contributed by atoms with van der Waals surface area (Å²) >= 11 is 0. The SMILES string of the molecule is CC(C)c1ccc(OCCC(=O)Nc2ccc(-c3n[nH]c(CN)n3)cc2)cc1. The molecule has 7 nitrogen and oxygen atoms in total. The van der Waals surface area contributed by atoms with E-state index in [4.69, 9.17) is 10.5 Å². The predicted molar refractivity (Wildman–Crippen MR) is 109 cm³/mol. The minimum Gasteiger partial charge on any atom is -0.493 e. The van der Waals surface area contributed by atoms with Crippen LogP contribution in [-0.2, 0) is 11.3 Å². The van der Waals surface area contributed by atoms with Crippen molar-refractivity contribution in [3.8, 4) is 17.1 Å². The van der Waals surface area contributed by atoms with Gasteiger partial charge in [-0.2, -0.15) is 5.10 Å². The Balaban J connectivity index is 1.46. The zero-order chi connectivity index (χ0) is 19.9. The minimum absolute atomic E-state index is 0.102. The summed E-state index contributed by atoms with van der Waals surface area (Å²) in [5, 5.41) is 9.75. The van der Waals surface area contributed by atoms with Crippen LogP contribution in [0.3, 0.4) is 0 Å². The molecule has 7 heteroatoms. The summed E-state index contributed by atoms with van der Waals surface area (Å²) in [6.07, 6.45) is 0.272. The number of H-pyrrole nitrogens is 1. The highest BCUT2D eigenvalue weighted by Crippen LogP contribution is 2.19. The standard InChI is InChI=1S/C21H25N5O2/c1-14(2)15-5-9-18(10-6-15)28-12-11-20(27)23-17-7-3-16(4-8-17)21-24-19(13-22)25-26-21/h3-10,14H,11-13,22H2,1-2H3,(H,23,27)(H,24,25,26). The van der Waals surface area contributed by atoms with E-state index < -0.39 is 0 Å². The van der Waals surface area contributed by atoms with E-state index in [1.165, 1.54) is 5.56 Å². The lowest BCUT2D eigenvalue weighted by Crippen LogP contribution is -2.15. The number of ether oxygens (including phenoxy) is 1. The van der Waals surface area contributed by atoms with Crippen molar-refractivity contribution < 1.29 is 9.53 Å². The molecule has 0 unspecified atom stereocenters. The van der Waals surface area contributed by atoms with Crippen LogP contribution >= 0.6 is 0 Å². The largest absolute Gasteiger partial charge is 0.493 e. The van der Waals surface area contributed by atoms with E-state index in [9.17, 15) is 4.79 Å². The van der Waals surface area contributed by atoms with E-state index in [1.807, 2.05) is 48.5 Å². The van der Waals surface area contributed by atoms with Gasteiger partial charge in [0.2, 0.25) is 5.91 Å². The van der Waals surface area contributed by atoms with Crippen molar-refractivity contribution in [1.29, 1.82) is 0 Å². The molecule has 0 aliphatic rings. The van der Waals surface area contributed by atoms with E-state index in [1.54, 1.807) is 0 Å². The number of benzene rings is 2. The Hall–Kier alpha value is -3.19. The van der Waals surface area contributed by atoms with Crippen LogP contribution < -0.4 is 15.8 Å². The lowest BCUT2D eigenvalue weighted by molar-refractivity contribution is -0.116. The van der Waals surface area contributed by atoms with Gasteiger partial charge in [0.05, 0.1) is 19.6 Å². The van der Waals surface area contributed by atoms with Crippen LogP contribution in [0.5, 0.6) is 5.75 Å². The van der Waals surface area contributed by atoms with E-state index in [2.05, 4.69) is 34.3 Å². The first-order valence-corrected chi connectivity index (χ1v) is 9.29. The number of rotatable bonds is 8. The first-order chi connectivity index (χ1) is 13.5. The molecular weight excluding hydrogens is 354 g/mol. The van der Waals surface area contributed by atoms with Gasteiger partial charge in [-0.25, -0.2) is 4.98 Å². The number of hydrogen-bond acceptors (Lipinski definition) is 5. The second-order valence-corrected chi connectivity index (χ2v) is 6.76. The average Bonchev–Trinajstić information content (AvgIpc) is 3.18. The van der Waals surface area contributed by atoms with E-state index in [0.717, 1.165) is 11.3 Å². The quantitative estimate of drug-likeness (QED) is 0.556. The highest BCUT2D eigenvalue weighted by molar-refractivity contribution is 5.91. The first kappa shape index (κ1) is 19.6. The molecule has 0 bridgehead atoms. The van der Waals surface area contributed by atoms with Gasteiger partial charge in [-0.05, 0) is 47.9 Å². The topological polar surface area (TPSA) is 106 Å². The number of anilines is 1. The van der Waals surface area contributed by atoms with Gasteiger partial charge in [0.15, 0.2) is 5.82 Å². The Morgan fingerprint density at radius 2 is 1.86 bits per heavy atom. The minimum atomic E-state index is -0.102. The Morgan fingerprint density at radius 3 is 2.46 bits per heavy atom. The van der Waals surface area contributed by atoms with Crippen molar-refractivity contribution in [2.45, 2.75) is 32.7 Å². The van der Waals surface area contributed by atoms with Gasteiger partial charge in [0, 0.05) is 11.3 Å². The summed E-state index contributed by atoms with van der Waals surface area (Å²) in [5.41, 5.74) is 8.35. The molecule has 0 aliphatic heterocycles. The third-order valence-corrected chi connectivity index (χ3v) is 4.30. The number of aromatic amines is 1. The zero-order valence-electron chi connectivity index (χ0n) is 16.1. The summed E-state index contributed by atoms with van der Waals surface area (Å²) in [5.74, 6) is 2.36. The van der Waals surface area contributed by atoms with Crippen LogP contribution in [0.4, 0.5) is 5.69 Å². The number of carbonyl (C=O) groups is 1. The molecular formula is C21H25N5O2. The second-order valence-electron chi connectivity index (χ2n) is 6.76. The van der Waals surface area contributed by atoms with Gasteiger partial charge in [-0.1, -0.05) is 26.0 Å². The molecule has 4 N–H and O–H groups in total. The molecule has 0 atom stereocenters. The number of nitrogens with one attached hydrogen (secondary N) is 2. The van der Waals surface area contributed by atoms with E-state index >= 15 is 0 Å². The molecule has 28 heavy (non-hydrogen) atoms. The van der Waals surface area contributed by atoms with Crippen molar-refractivity contribution in [2.24, 2.45) is 5.73 Å². The molecule has 0 radical (unpaired) electrons. The fourth-order valence-electron chi connectivity index (χ4n) is 2.65. The highest BCUT2D eigenvalue weighted by atomic mass is 16.5. The monoisotopic (exact) mass is 379 g/mol. The average molecular weight is 379 g/mol. The van der Waals surface area contributed by atoms with Crippen LogP contribution in [-0.4, -0.2) is 27.7 Å². The molecule has 146 valence electrons. The molecule has 0 fully saturated rings. The van der Waals surface area contributed by atoms with Crippen molar-refractivity contribution in [2.75, 3.05) is 11.9 Å². The van der Waals surface area contributed by atoms with Crippen molar-refractivity contribution >= 4 is 11.6 Å². The number of carbonyl (C=O) groups excluding carboxylic acids is 1. The van der Waals surface area contributed by atoms with Gasteiger partial charge >= 0.3 is 0 Å². The molecule has 3 rings (SSSR count). The summed E-state index contributed by atoms with van der Waals surface area (Å²) in [4.78, 5) is 16.4. The van der Waals surface area contributed by atoms with Crippen LogP contribution in [0.2, 0.25) is 0 Å². The highest BCUT2D eigenvalue weighted by Gasteiger charge is 2.07. The van der Waals surface area contributed by atoms with E-state index in [0.29, 0.717) is 36.4 Å².